The number of guanidine groups is 2. The molecule has 7 nitrogen and oxygen atoms in total. The van der Waals surface area contributed by atoms with Crippen LogP contribution < -0.4 is 27.8 Å². The lowest BCUT2D eigenvalue weighted by Gasteiger charge is -2.23. The van der Waals surface area contributed by atoms with Gasteiger partial charge in [0.05, 0.1) is 13.1 Å². The van der Waals surface area contributed by atoms with Crippen LogP contribution in [0.1, 0.15) is 0 Å². The highest BCUT2D eigenvalue weighted by molar-refractivity contribution is 5.76. The van der Waals surface area contributed by atoms with Crippen molar-refractivity contribution in [2.24, 2.45) is 32.9 Å². The first-order valence-electron chi connectivity index (χ1n) is 6.00. The van der Waals surface area contributed by atoms with Gasteiger partial charge in [0.15, 0.2) is 11.9 Å². The summed E-state index contributed by atoms with van der Waals surface area (Å²) in [5.41, 5.74) is 22.3. The van der Waals surface area contributed by atoms with E-state index in [9.17, 15) is 0 Å². The Kier molecular flexibility index (Phi) is 6.00. The fraction of sp³-hybridized carbons (Fsp3) is 0.333. The van der Waals surface area contributed by atoms with Crippen molar-refractivity contribution in [3.8, 4) is 0 Å². The van der Waals surface area contributed by atoms with Crippen molar-refractivity contribution in [3.63, 3.8) is 0 Å². The molecule has 0 saturated carbocycles. The number of nitrogens with zero attached hydrogens (tertiary/aromatic N) is 3. The van der Waals surface area contributed by atoms with Crippen molar-refractivity contribution in [2.75, 3.05) is 31.1 Å². The molecule has 1 aromatic rings. The molecule has 0 aromatic heterocycles. The van der Waals surface area contributed by atoms with E-state index in [2.05, 4.69) is 14.9 Å². The Morgan fingerprint density at radius 3 is 1.74 bits per heavy atom. The normalized spacial score (nSPS) is 9.68. The van der Waals surface area contributed by atoms with Crippen LogP contribution in [-0.2, 0) is 0 Å². The lowest BCUT2D eigenvalue weighted by Crippen LogP contribution is -2.32. The highest BCUT2D eigenvalue weighted by Gasteiger charge is 2.04. The molecule has 7 heteroatoms. The third-order valence-electron chi connectivity index (χ3n) is 2.45. The second kappa shape index (κ2) is 7.80. The molecule has 0 unspecified atom stereocenters. The molecule has 1 aromatic carbocycles. The van der Waals surface area contributed by atoms with E-state index in [0.29, 0.717) is 26.2 Å². The van der Waals surface area contributed by atoms with E-state index in [0.717, 1.165) is 5.69 Å². The van der Waals surface area contributed by atoms with Gasteiger partial charge in [0.1, 0.15) is 0 Å². The van der Waals surface area contributed by atoms with Crippen LogP contribution in [0.2, 0.25) is 0 Å². The third kappa shape index (κ3) is 6.16. The lowest BCUT2D eigenvalue weighted by molar-refractivity contribution is 0.782. The lowest BCUT2D eigenvalue weighted by atomic mass is 10.3. The topological polar surface area (TPSA) is 132 Å². The van der Waals surface area contributed by atoms with E-state index >= 15 is 0 Å². The van der Waals surface area contributed by atoms with Gasteiger partial charge in [0.2, 0.25) is 0 Å². The summed E-state index contributed by atoms with van der Waals surface area (Å²) >= 11 is 0. The van der Waals surface area contributed by atoms with Gasteiger partial charge in [-0.15, -0.1) is 0 Å². The van der Waals surface area contributed by atoms with E-state index in [1.165, 1.54) is 0 Å². The van der Waals surface area contributed by atoms with E-state index < -0.39 is 0 Å². The number of anilines is 1. The van der Waals surface area contributed by atoms with Gasteiger partial charge in [-0.25, -0.2) is 0 Å². The average molecular weight is 263 g/mol. The molecule has 0 amide bonds. The van der Waals surface area contributed by atoms with Crippen LogP contribution in [0.5, 0.6) is 0 Å². The Balaban J connectivity index is 2.63. The second-order valence-electron chi connectivity index (χ2n) is 3.94. The van der Waals surface area contributed by atoms with Crippen molar-refractivity contribution >= 4 is 17.6 Å². The second-order valence-corrected chi connectivity index (χ2v) is 3.94. The van der Waals surface area contributed by atoms with Crippen LogP contribution in [0.25, 0.3) is 0 Å². The van der Waals surface area contributed by atoms with Gasteiger partial charge in [0.25, 0.3) is 0 Å². The van der Waals surface area contributed by atoms with Crippen LogP contribution in [0.4, 0.5) is 5.69 Å². The minimum atomic E-state index is 0.0947. The van der Waals surface area contributed by atoms with Crippen LogP contribution >= 0.6 is 0 Å². The Bertz CT molecular complexity index is 397. The van der Waals surface area contributed by atoms with Gasteiger partial charge in [-0.2, -0.15) is 0 Å². The number of nitrogens with two attached hydrogens (primary N) is 4. The maximum absolute atomic E-state index is 5.31. The molecule has 0 atom stereocenters. The first-order chi connectivity index (χ1) is 9.09. The first kappa shape index (κ1) is 14.6. The monoisotopic (exact) mass is 263 g/mol. The zero-order valence-corrected chi connectivity index (χ0v) is 10.9. The standard InChI is InChI=1S/C12H21N7/c13-11(14)17-6-8-19(9-7-18-12(15)16)10-4-2-1-3-5-10/h1-5H,6-9H2,(H4,13,14,17)(H4,15,16,18). The summed E-state index contributed by atoms with van der Waals surface area (Å²) in [5, 5.41) is 0. The molecule has 19 heavy (non-hydrogen) atoms. The van der Waals surface area contributed by atoms with E-state index in [1.54, 1.807) is 0 Å². The van der Waals surface area contributed by atoms with Crippen molar-refractivity contribution in [1.29, 1.82) is 0 Å². The molecule has 0 aliphatic carbocycles. The van der Waals surface area contributed by atoms with Crippen molar-refractivity contribution in [3.05, 3.63) is 30.3 Å². The van der Waals surface area contributed by atoms with Crippen LogP contribution in [-0.4, -0.2) is 38.1 Å². The summed E-state index contributed by atoms with van der Waals surface area (Å²) in [6, 6.07) is 9.96. The fourth-order valence-electron chi connectivity index (χ4n) is 1.61. The maximum atomic E-state index is 5.31. The van der Waals surface area contributed by atoms with Gasteiger partial charge in [0, 0.05) is 18.8 Å². The molecule has 0 spiro atoms. The Morgan fingerprint density at radius 1 is 0.842 bits per heavy atom. The molecule has 0 heterocycles. The smallest absolute Gasteiger partial charge is 0.185 e. The Hall–Kier alpha value is -2.44. The van der Waals surface area contributed by atoms with Crippen molar-refractivity contribution in [2.45, 2.75) is 0 Å². The van der Waals surface area contributed by atoms with E-state index in [1.807, 2.05) is 30.3 Å². The molecule has 104 valence electrons. The molecule has 0 radical (unpaired) electrons. The van der Waals surface area contributed by atoms with E-state index in [-0.39, 0.29) is 11.9 Å². The van der Waals surface area contributed by atoms with Crippen molar-refractivity contribution < 1.29 is 0 Å². The van der Waals surface area contributed by atoms with Gasteiger partial charge < -0.3 is 27.8 Å². The number of benzene rings is 1. The van der Waals surface area contributed by atoms with Crippen LogP contribution in [0.15, 0.2) is 40.3 Å². The predicted octanol–water partition coefficient (Wildman–Crippen LogP) is -0.960. The summed E-state index contributed by atoms with van der Waals surface area (Å²) < 4.78 is 0. The van der Waals surface area contributed by atoms with E-state index in [4.69, 9.17) is 22.9 Å². The summed E-state index contributed by atoms with van der Waals surface area (Å²) in [4.78, 5) is 10.1. The quantitative estimate of drug-likeness (QED) is 0.371. The molecular formula is C12H21N7. The van der Waals surface area contributed by atoms with Gasteiger partial charge in [-0.05, 0) is 12.1 Å². The molecule has 0 aliphatic heterocycles. The number of hydrogen-bond donors (Lipinski definition) is 4. The number of rotatable bonds is 7. The molecule has 0 saturated heterocycles. The zero-order valence-electron chi connectivity index (χ0n) is 10.9. The van der Waals surface area contributed by atoms with Gasteiger partial charge >= 0.3 is 0 Å². The largest absolute Gasteiger partial charge is 0.370 e. The fourth-order valence-corrected chi connectivity index (χ4v) is 1.61. The third-order valence-corrected chi connectivity index (χ3v) is 2.45. The Morgan fingerprint density at radius 2 is 1.32 bits per heavy atom. The molecule has 0 aliphatic rings. The van der Waals surface area contributed by atoms with Crippen molar-refractivity contribution in [1.82, 2.24) is 0 Å². The molecule has 0 fully saturated rings. The zero-order chi connectivity index (χ0) is 14.1. The van der Waals surface area contributed by atoms with Gasteiger partial charge in [-0.1, -0.05) is 18.2 Å². The minimum absolute atomic E-state index is 0.0947. The van der Waals surface area contributed by atoms with Crippen LogP contribution in [0, 0.1) is 0 Å². The molecule has 8 N–H and O–H groups in total. The molecular weight excluding hydrogens is 242 g/mol. The highest BCUT2D eigenvalue weighted by Crippen LogP contribution is 2.12. The predicted molar refractivity (Wildman–Crippen MR) is 80.0 cm³/mol. The summed E-state index contributed by atoms with van der Waals surface area (Å²) in [7, 11) is 0. The summed E-state index contributed by atoms with van der Waals surface area (Å²) in [6.07, 6.45) is 0. The van der Waals surface area contributed by atoms with Gasteiger partial charge in [-0.3, -0.25) is 9.98 Å². The first-order valence-corrected chi connectivity index (χ1v) is 6.00. The summed E-state index contributed by atoms with van der Waals surface area (Å²) in [5.74, 6) is 0.189. The van der Waals surface area contributed by atoms with Crippen LogP contribution in [0.3, 0.4) is 0 Å². The average Bonchev–Trinajstić information content (AvgIpc) is 2.37. The SMILES string of the molecule is NC(N)=NCCN(CCN=C(N)N)c1ccccc1. The Labute approximate surface area is 113 Å². The molecule has 0 bridgehead atoms. The number of para-hydroxylation sites is 1. The molecule has 1 rings (SSSR count). The highest BCUT2D eigenvalue weighted by atomic mass is 15.2. The maximum Gasteiger partial charge on any atom is 0.185 e. The minimum Gasteiger partial charge on any atom is -0.370 e. The summed E-state index contributed by atoms with van der Waals surface area (Å²) in [6.45, 7) is 2.45. The number of hydrogen-bond acceptors (Lipinski definition) is 3. The number of aliphatic imine (C=N–C) groups is 2.